The van der Waals surface area contributed by atoms with Gasteiger partial charge in [-0.15, -0.1) is 11.3 Å². The fourth-order valence-corrected chi connectivity index (χ4v) is 5.27. The van der Waals surface area contributed by atoms with E-state index in [1.54, 1.807) is 19.2 Å². The number of aromatic nitrogens is 1. The minimum Gasteiger partial charge on any atom is -0.497 e. The quantitative estimate of drug-likeness (QED) is 0.305. The summed E-state index contributed by atoms with van der Waals surface area (Å²) in [7, 11) is 1.70. The number of rotatable bonds is 8. The molecule has 1 N–H and O–H groups in total. The van der Waals surface area contributed by atoms with Crippen molar-refractivity contribution >= 4 is 28.8 Å². The van der Waals surface area contributed by atoms with Crippen LogP contribution in [0.4, 0.5) is 0 Å². The van der Waals surface area contributed by atoms with Crippen LogP contribution in [0, 0.1) is 0 Å². The highest BCUT2D eigenvalue weighted by atomic mass is 35.5. The van der Waals surface area contributed by atoms with E-state index in [-0.39, 0.29) is 12.5 Å². The second kappa shape index (κ2) is 10.6. The standard InChI is InChI=1S/C27H26ClN3O3S/c1-33-21-9-8-20(17-31-12-2-3-13-31)23(14-21)18-4-6-19(7-5-18)24-15-22(34-30-24)16-29-27(32)25-10-11-26(28)35-25/h4-11,14-15H,2-3,12-13,16-17H2,1H3,(H,29,32). The SMILES string of the molecule is COc1ccc(CN2CCCC2)c(-c2ccc(-c3cc(CNC(=O)c4ccc(Cl)s4)on3)cc2)c1. The smallest absolute Gasteiger partial charge is 0.261 e. The molecule has 180 valence electrons. The van der Waals surface area contributed by atoms with Crippen LogP contribution in [-0.2, 0) is 13.1 Å². The van der Waals surface area contributed by atoms with Gasteiger partial charge in [0.2, 0.25) is 0 Å². The maximum Gasteiger partial charge on any atom is 0.261 e. The Morgan fingerprint density at radius 3 is 2.57 bits per heavy atom. The van der Waals surface area contributed by atoms with Crippen LogP contribution in [0.15, 0.2) is 65.2 Å². The number of methoxy groups -OCH3 is 1. The van der Waals surface area contributed by atoms with Gasteiger partial charge >= 0.3 is 0 Å². The summed E-state index contributed by atoms with van der Waals surface area (Å²) in [5, 5.41) is 7.02. The van der Waals surface area contributed by atoms with E-state index in [2.05, 4.69) is 39.6 Å². The zero-order chi connectivity index (χ0) is 24.2. The molecule has 1 saturated heterocycles. The lowest BCUT2D eigenvalue weighted by Gasteiger charge is -2.18. The first-order valence-corrected chi connectivity index (χ1v) is 12.8. The van der Waals surface area contributed by atoms with E-state index >= 15 is 0 Å². The van der Waals surface area contributed by atoms with Crippen LogP contribution < -0.4 is 10.1 Å². The van der Waals surface area contributed by atoms with Crippen LogP contribution in [0.1, 0.15) is 33.8 Å². The number of halogens is 1. The molecule has 4 aromatic rings. The van der Waals surface area contributed by atoms with Crippen molar-refractivity contribution in [2.75, 3.05) is 20.2 Å². The van der Waals surface area contributed by atoms with Gasteiger partial charge < -0.3 is 14.6 Å². The number of hydrogen-bond donors (Lipinski definition) is 1. The normalized spacial score (nSPS) is 13.8. The summed E-state index contributed by atoms with van der Waals surface area (Å²) in [6, 6.07) is 19.9. The highest BCUT2D eigenvalue weighted by Crippen LogP contribution is 2.31. The predicted molar refractivity (Wildman–Crippen MR) is 139 cm³/mol. The first-order chi connectivity index (χ1) is 17.1. The van der Waals surface area contributed by atoms with Gasteiger partial charge in [-0.25, -0.2) is 0 Å². The molecule has 1 aliphatic heterocycles. The van der Waals surface area contributed by atoms with E-state index in [9.17, 15) is 4.79 Å². The lowest BCUT2D eigenvalue weighted by Crippen LogP contribution is -2.21. The summed E-state index contributed by atoms with van der Waals surface area (Å²) in [6.45, 7) is 3.50. The molecule has 1 amide bonds. The second-order valence-corrected chi connectivity index (χ2v) is 10.3. The minimum atomic E-state index is -0.188. The molecule has 0 aliphatic carbocycles. The lowest BCUT2D eigenvalue weighted by molar-refractivity contribution is 0.0951. The summed E-state index contributed by atoms with van der Waals surface area (Å²) < 4.78 is 11.5. The molecule has 0 atom stereocenters. The molecule has 0 radical (unpaired) electrons. The fourth-order valence-electron chi connectivity index (χ4n) is 4.31. The van der Waals surface area contributed by atoms with E-state index in [1.165, 1.54) is 35.3 Å². The van der Waals surface area contributed by atoms with Crippen molar-refractivity contribution in [3.8, 4) is 28.1 Å². The number of hydrogen-bond acceptors (Lipinski definition) is 6. The number of carbonyl (C=O) groups is 1. The molecule has 1 aliphatic rings. The van der Waals surface area contributed by atoms with Gasteiger partial charge in [-0.05, 0) is 66.9 Å². The summed E-state index contributed by atoms with van der Waals surface area (Å²) in [5.74, 6) is 1.25. The molecule has 35 heavy (non-hydrogen) atoms. The molecular weight excluding hydrogens is 482 g/mol. The molecule has 6 nitrogen and oxygen atoms in total. The van der Waals surface area contributed by atoms with Crippen molar-refractivity contribution in [2.45, 2.75) is 25.9 Å². The van der Waals surface area contributed by atoms with Gasteiger partial charge in [-0.1, -0.05) is 47.1 Å². The third kappa shape index (κ3) is 5.59. The largest absolute Gasteiger partial charge is 0.497 e. The van der Waals surface area contributed by atoms with Gasteiger partial charge in [-0.3, -0.25) is 9.69 Å². The molecule has 0 spiro atoms. The molecule has 2 aromatic carbocycles. The topological polar surface area (TPSA) is 67.6 Å². The number of nitrogens with one attached hydrogen (secondary N) is 1. The number of ether oxygens (including phenoxy) is 1. The average molecular weight is 508 g/mol. The predicted octanol–water partition coefficient (Wildman–Crippen LogP) is 6.26. The lowest BCUT2D eigenvalue weighted by atomic mass is 9.97. The second-order valence-electron chi connectivity index (χ2n) is 8.55. The van der Waals surface area contributed by atoms with Crippen molar-refractivity contribution < 1.29 is 14.1 Å². The number of benzene rings is 2. The molecular formula is C27H26ClN3O3S. The van der Waals surface area contributed by atoms with Gasteiger partial charge in [0.1, 0.15) is 11.4 Å². The average Bonchev–Trinajstić information content (AvgIpc) is 3.66. The van der Waals surface area contributed by atoms with E-state index < -0.39 is 0 Å². The van der Waals surface area contributed by atoms with Crippen molar-refractivity contribution in [1.29, 1.82) is 0 Å². The molecule has 5 rings (SSSR count). The number of likely N-dealkylation sites (tertiary alicyclic amines) is 1. The summed E-state index contributed by atoms with van der Waals surface area (Å²) >= 11 is 7.15. The van der Waals surface area contributed by atoms with E-state index in [0.29, 0.717) is 15.0 Å². The van der Waals surface area contributed by atoms with E-state index in [4.69, 9.17) is 20.9 Å². The Morgan fingerprint density at radius 1 is 1.09 bits per heavy atom. The molecule has 0 bridgehead atoms. The van der Waals surface area contributed by atoms with E-state index in [1.807, 2.05) is 24.3 Å². The monoisotopic (exact) mass is 507 g/mol. The first-order valence-electron chi connectivity index (χ1n) is 11.6. The zero-order valence-corrected chi connectivity index (χ0v) is 21.0. The Kier molecular flexibility index (Phi) is 7.18. The summed E-state index contributed by atoms with van der Waals surface area (Å²) in [4.78, 5) is 15.3. The van der Waals surface area contributed by atoms with Crippen molar-refractivity contribution in [3.05, 3.63) is 81.2 Å². The molecule has 8 heteroatoms. The third-order valence-corrected chi connectivity index (χ3v) is 7.41. The van der Waals surface area contributed by atoms with Crippen LogP contribution in [0.5, 0.6) is 5.75 Å². The maximum atomic E-state index is 12.2. The highest BCUT2D eigenvalue weighted by Gasteiger charge is 2.16. The van der Waals surface area contributed by atoms with Crippen molar-refractivity contribution in [1.82, 2.24) is 15.4 Å². The number of thiophene rings is 1. The first kappa shape index (κ1) is 23.6. The third-order valence-electron chi connectivity index (χ3n) is 6.18. The molecule has 2 aromatic heterocycles. The van der Waals surface area contributed by atoms with Crippen molar-refractivity contribution in [2.24, 2.45) is 0 Å². The Labute approximate surface area is 213 Å². The Bertz CT molecular complexity index is 1310. The maximum absolute atomic E-state index is 12.2. The molecule has 3 heterocycles. The summed E-state index contributed by atoms with van der Waals surface area (Å²) in [5.41, 5.74) is 5.28. The Balaban J connectivity index is 1.29. The molecule has 0 saturated carbocycles. The van der Waals surface area contributed by atoms with Gasteiger partial charge in [0.25, 0.3) is 5.91 Å². The Hall–Kier alpha value is -3.13. The van der Waals surface area contributed by atoms with Gasteiger partial charge in [0.05, 0.1) is 22.9 Å². The Morgan fingerprint density at radius 2 is 1.86 bits per heavy atom. The number of carbonyl (C=O) groups excluding carboxylic acids is 1. The zero-order valence-electron chi connectivity index (χ0n) is 19.4. The fraction of sp³-hybridized carbons (Fsp3) is 0.259. The van der Waals surface area contributed by atoms with Crippen molar-refractivity contribution in [3.63, 3.8) is 0 Å². The minimum absolute atomic E-state index is 0.188. The van der Waals surface area contributed by atoms with E-state index in [0.717, 1.165) is 42.2 Å². The van der Waals surface area contributed by atoms with Gasteiger partial charge in [0.15, 0.2) is 5.76 Å². The number of nitrogens with zero attached hydrogens (tertiary/aromatic N) is 2. The van der Waals surface area contributed by atoms with Crippen LogP contribution in [0.3, 0.4) is 0 Å². The van der Waals surface area contributed by atoms with Crippen LogP contribution in [0.2, 0.25) is 4.34 Å². The molecule has 1 fully saturated rings. The summed E-state index contributed by atoms with van der Waals surface area (Å²) in [6.07, 6.45) is 2.54. The highest BCUT2D eigenvalue weighted by molar-refractivity contribution is 7.17. The number of amides is 1. The molecule has 0 unspecified atom stereocenters. The van der Waals surface area contributed by atoms with Crippen LogP contribution >= 0.6 is 22.9 Å². The van der Waals surface area contributed by atoms with Gasteiger partial charge in [-0.2, -0.15) is 0 Å². The van der Waals surface area contributed by atoms with Crippen LogP contribution in [-0.4, -0.2) is 36.2 Å². The van der Waals surface area contributed by atoms with Gasteiger partial charge in [0, 0.05) is 18.2 Å². The van der Waals surface area contributed by atoms with Crippen LogP contribution in [0.25, 0.3) is 22.4 Å².